The van der Waals surface area contributed by atoms with Crippen molar-refractivity contribution in [2.75, 3.05) is 152 Å². The molecular formula is C40H62N12O6. The Morgan fingerprint density at radius 3 is 1.55 bits per heavy atom. The molecule has 0 spiro atoms. The van der Waals surface area contributed by atoms with E-state index in [-0.39, 0.29) is 0 Å². The standard InChI is InChI=1S/C21H32N6O3.C19H30N6O3/c1-2-17-13-16(1)14-18(17)24-25-19-15-20(27-6-10-29-11-7-27)23-21(22-19)30-12-5-26-3-8-28-9-4-26;1-2-4-16(3-1)22-23-17-15-18(25-8-12-27-13-9-25)21-19(20-17)28-14-7-24-5-10-26-11-6-24/h15-17H,1-14H2,(H,22,23,25);15H,1-14H2,(H,20,21,23)/b24-18+;. The van der Waals surface area contributed by atoms with Crippen molar-refractivity contribution in [3.8, 4) is 12.0 Å². The molecule has 2 N–H and O–H groups in total. The highest BCUT2D eigenvalue weighted by atomic mass is 16.5. The number of aromatic nitrogens is 4. The molecule has 318 valence electrons. The van der Waals surface area contributed by atoms with Gasteiger partial charge in [-0.05, 0) is 63.2 Å². The van der Waals surface area contributed by atoms with E-state index in [9.17, 15) is 0 Å². The van der Waals surface area contributed by atoms with Crippen LogP contribution in [0.4, 0.5) is 23.3 Å². The highest BCUT2D eigenvalue weighted by molar-refractivity contribution is 5.90. The molecule has 0 radical (unpaired) electrons. The summed E-state index contributed by atoms with van der Waals surface area (Å²) >= 11 is 0. The van der Waals surface area contributed by atoms with Crippen molar-refractivity contribution >= 4 is 34.7 Å². The van der Waals surface area contributed by atoms with Crippen LogP contribution >= 0.6 is 0 Å². The van der Waals surface area contributed by atoms with E-state index in [2.05, 4.69) is 55.5 Å². The van der Waals surface area contributed by atoms with Crippen molar-refractivity contribution in [2.45, 2.75) is 51.4 Å². The average Bonchev–Trinajstić information content (AvgIpc) is 4.07. The van der Waals surface area contributed by atoms with Crippen molar-refractivity contribution in [3.05, 3.63) is 12.1 Å². The summed E-state index contributed by atoms with van der Waals surface area (Å²) in [5.74, 6) is 4.59. The second-order valence-corrected chi connectivity index (χ2v) is 15.9. The zero-order valence-electron chi connectivity index (χ0n) is 34.0. The second-order valence-electron chi connectivity index (χ2n) is 15.9. The Bertz CT molecular complexity index is 1640. The van der Waals surface area contributed by atoms with E-state index in [0.717, 1.165) is 129 Å². The van der Waals surface area contributed by atoms with Gasteiger partial charge in [-0.1, -0.05) is 0 Å². The summed E-state index contributed by atoms with van der Waals surface area (Å²) in [5, 5.41) is 9.24. The van der Waals surface area contributed by atoms with Gasteiger partial charge < -0.3 is 38.2 Å². The van der Waals surface area contributed by atoms with Gasteiger partial charge >= 0.3 is 12.0 Å². The van der Waals surface area contributed by atoms with Crippen LogP contribution in [0.25, 0.3) is 0 Å². The predicted molar refractivity (Wildman–Crippen MR) is 222 cm³/mol. The second kappa shape index (κ2) is 21.4. The van der Waals surface area contributed by atoms with Crippen LogP contribution in [0, 0.1) is 11.8 Å². The average molecular weight is 807 g/mol. The molecule has 2 bridgehead atoms. The molecular weight excluding hydrogens is 745 g/mol. The van der Waals surface area contributed by atoms with Crippen molar-refractivity contribution in [3.63, 3.8) is 0 Å². The first-order chi connectivity index (χ1) is 28.7. The normalized spacial score (nSPS) is 24.8. The molecule has 2 unspecified atom stereocenters. The number of fused-ring (bicyclic) bond motifs is 2. The van der Waals surface area contributed by atoms with Crippen molar-refractivity contribution in [1.82, 2.24) is 29.7 Å². The van der Waals surface area contributed by atoms with E-state index in [1.807, 2.05) is 12.1 Å². The van der Waals surface area contributed by atoms with E-state index in [1.165, 1.54) is 43.5 Å². The van der Waals surface area contributed by atoms with Crippen molar-refractivity contribution in [1.29, 1.82) is 0 Å². The van der Waals surface area contributed by atoms with Crippen LogP contribution in [0.3, 0.4) is 0 Å². The van der Waals surface area contributed by atoms with Crippen LogP contribution in [0.15, 0.2) is 22.3 Å². The molecule has 0 amide bonds. The number of hydrazone groups is 2. The molecule has 58 heavy (non-hydrogen) atoms. The maximum Gasteiger partial charge on any atom is 0.320 e. The van der Waals surface area contributed by atoms with Gasteiger partial charge in [0.05, 0.1) is 52.9 Å². The first kappa shape index (κ1) is 40.8. The van der Waals surface area contributed by atoms with Gasteiger partial charge in [0, 0.05) is 89.0 Å². The molecule has 2 aromatic heterocycles. The minimum Gasteiger partial charge on any atom is -0.462 e. The van der Waals surface area contributed by atoms with Gasteiger partial charge in [0.15, 0.2) is 11.6 Å². The fourth-order valence-electron chi connectivity index (χ4n) is 8.48. The molecule has 7 fully saturated rings. The monoisotopic (exact) mass is 806 g/mol. The summed E-state index contributed by atoms with van der Waals surface area (Å²) in [6.07, 6.45) is 9.65. The summed E-state index contributed by atoms with van der Waals surface area (Å²) in [4.78, 5) is 27.5. The molecule has 3 saturated carbocycles. The maximum absolute atomic E-state index is 5.95. The number of hydrogen-bond acceptors (Lipinski definition) is 18. The van der Waals surface area contributed by atoms with Crippen LogP contribution in [0.5, 0.6) is 12.0 Å². The smallest absolute Gasteiger partial charge is 0.320 e. The lowest BCUT2D eigenvalue weighted by molar-refractivity contribution is 0.0316. The first-order valence-electron chi connectivity index (χ1n) is 21.6. The summed E-state index contributed by atoms with van der Waals surface area (Å²) in [6, 6.07) is 4.71. The third-order valence-electron chi connectivity index (χ3n) is 11.9. The van der Waals surface area contributed by atoms with Crippen LogP contribution in [-0.4, -0.2) is 173 Å². The fourth-order valence-corrected chi connectivity index (χ4v) is 8.48. The van der Waals surface area contributed by atoms with E-state index in [1.54, 1.807) is 0 Å². The molecule has 3 aliphatic carbocycles. The summed E-state index contributed by atoms with van der Waals surface area (Å²) in [7, 11) is 0. The third kappa shape index (κ3) is 12.1. The Kier molecular flexibility index (Phi) is 15.0. The minimum absolute atomic E-state index is 0.395. The Morgan fingerprint density at radius 2 is 1.09 bits per heavy atom. The largest absolute Gasteiger partial charge is 0.462 e. The molecule has 0 aromatic carbocycles. The SMILES string of the molecule is c1c(N/N=C2\CC3CCC2C3)nc(OCCN2CCOCC2)nc1N1CCOCC1.c1c(NN=C2CCCC2)nc(OCCN2CCOCC2)nc1N1CCOCC1. The number of hydrogen-bond donors (Lipinski definition) is 2. The number of nitrogens with zero attached hydrogens (tertiary/aromatic N) is 10. The van der Waals surface area contributed by atoms with Crippen LogP contribution < -0.4 is 30.1 Å². The molecule has 2 aromatic rings. The van der Waals surface area contributed by atoms with E-state index >= 15 is 0 Å². The van der Waals surface area contributed by atoms with Gasteiger partial charge in [-0.2, -0.15) is 30.1 Å². The van der Waals surface area contributed by atoms with Gasteiger partial charge in [-0.3, -0.25) is 20.7 Å². The number of anilines is 4. The maximum atomic E-state index is 5.95. The molecule has 18 nitrogen and oxygen atoms in total. The lowest BCUT2D eigenvalue weighted by Gasteiger charge is -2.28. The highest BCUT2D eigenvalue weighted by Gasteiger charge is 2.36. The molecule has 6 heterocycles. The van der Waals surface area contributed by atoms with Crippen LogP contribution in [0.2, 0.25) is 0 Å². The number of rotatable bonds is 14. The number of morpholine rings is 4. The number of nitrogens with one attached hydrogen (secondary N) is 2. The lowest BCUT2D eigenvalue weighted by Crippen LogP contribution is -2.39. The van der Waals surface area contributed by atoms with E-state index in [4.69, 9.17) is 33.5 Å². The molecule has 2 atom stereocenters. The summed E-state index contributed by atoms with van der Waals surface area (Å²) in [5.41, 5.74) is 8.83. The fraction of sp³-hybridized carbons (Fsp3) is 0.750. The summed E-state index contributed by atoms with van der Waals surface area (Å²) < 4.78 is 33.6. The zero-order chi connectivity index (χ0) is 39.2. The third-order valence-corrected chi connectivity index (χ3v) is 11.9. The summed E-state index contributed by atoms with van der Waals surface area (Å²) in [6.45, 7) is 15.9. The van der Waals surface area contributed by atoms with E-state index < -0.39 is 0 Å². The van der Waals surface area contributed by atoms with Gasteiger partial charge in [-0.15, -0.1) is 0 Å². The van der Waals surface area contributed by atoms with Gasteiger partial charge in [0.25, 0.3) is 0 Å². The Morgan fingerprint density at radius 1 is 0.603 bits per heavy atom. The Hall–Kier alpha value is -3.94. The molecule has 18 heteroatoms. The Labute approximate surface area is 342 Å². The first-order valence-corrected chi connectivity index (χ1v) is 21.6. The molecule has 4 saturated heterocycles. The lowest BCUT2D eigenvalue weighted by atomic mass is 9.99. The van der Waals surface area contributed by atoms with Crippen molar-refractivity contribution in [2.24, 2.45) is 22.0 Å². The van der Waals surface area contributed by atoms with E-state index in [0.29, 0.717) is 69.2 Å². The van der Waals surface area contributed by atoms with Gasteiger partial charge in [-0.25, -0.2) is 0 Å². The zero-order valence-corrected chi connectivity index (χ0v) is 34.0. The predicted octanol–water partition coefficient (Wildman–Crippen LogP) is 2.98. The minimum atomic E-state index is 0.395. The topological polar surface area (TPSA) is 169 Å². The Balaban J connectivity index is 0.000000162. The molecule has 9 rings (SSSR count). The molecule has 7 aliphatic rings. The highest BCUT2D eigenvalue weighted by Crippen LogP contribution is 2.42. The number of ether oxygens (including phenoxy) is 6. The van der Waals surface area contributed by atoms with Crippen LogP contribution in [0.1, 0.15) is 51.4 Å². The quantitative estimate of drug-likeness (QED) is 0.267. The van der Waals surface area contributed by atoms with Crippen LogP contribution in [-0.2, 0) is 18.9 Å². The van der Waals surface area contributed by atoms with Gasteiger partial charge in [0.2, 0.25) is 0 Å². The van der Waals surface area contributed by atoms with Crippen molar-refractivity contribution < 1.29 is 28.4 Å². The van der Waals surface area contributed by atoms with Gasteiger partial charge in [0.1, 0.15) is 24.8 Å². The molecule has 4 aliphatic heterocycles.